The van der Waals surface area contributed by atoms with Crippen molar-refractivity contribution in [1.29, 1.82) is 0 Å². The van der Waals surface area contributed by atoms with Gasteiger partial charge in [0.05, 0.1) is 5.69 Å². The summed E-state index contributed by atoms with van der Waals surface area (Å²) in [5.74, 6) is 12.0. The highest BCUT2D eigenvalue weighted by Crippen LogP contribution is 2.34. The number of rotatable bonds is 0. The molecule has 0 radical (unpaired) electrons. The minimum Gasteiger partial charge on any atom is -0.361 e. The summed E-state index contributed by atoms with van der Waals surface area (Å²) < 4.78 is 0. The molecule has 2 aromatic rings. The number of nitrogens with two attached hydrogens (primary N) is 2. The summed E-state index contributed by atoms with van der Waals surface area (Å²) in [6.07, 6.45) is 1.94. The summed E-state index contributed by atoms with van der Waals surface area (Å²) in [5.41, 5.74) is 3.34. The minimum absolute atomic E-state index is 0.00741. The molecule has 1 unspecified atom stereocenters. The molecule has 16 heavy (non-hydrogen) atoms. The summed E-state index contributed by atoms with van der Waals surface area (Å²) in [4.78, 5) is 3.19. The number of aromatic amines is 1. The first-order valence-corrected chi connectivity index (χ1v) is 5.32. The highest BCUT2D eigenvalue weighted by molar-refractivity contribution is 5.94. The maximum atomic E-state index is 6.10. The lowest BCUT2D eigenvalue weighted by molar-refractivity contribution is 0.187. The smallest absolute Gasteiger partial charge is 0.107 e. The molecular formula is C11H15N5. The molecule has 3 rings (SSSR count). The molecule has 5 N–H and O–H groups in total. The van der Waals surface area contributed by atoms with Gasteiger partial charge in [-0.15, -0.1) is 0 Å². The van der Waals surface area contributed by atoms with Crippen molar-refractivity contribution >= 4 is 16.6 Å². The van der Waals surface area contributed by atoms with Gasteiger partial charge in [0.25, 0.3) is 0 Å². The number of hydrazine groups is 2. The van der Waals surface area contributed by atoms with Crippen LogP contribution in [0.25, 0.3) is 10.9 Å². The van der Waals surface area contributed by atoms with E-state index in [1.165, 1.54) is 0 Å². The van der Waals surface area contributed by atoms with Crippen molar-refractivity contribution < 1.29 is 0 Å². The van der Waals surface area contributed by atoms with Crippen LogP contribution in [-0.4, -0.2) is 16.2 Å². The Hall–Kier alpha value is -1.56. The average Bonchev–Trinajstić information content (AvgIpc) is 2.73. The van der Waals surface area contributed by atoms with Crippen LogP contribution >= 0.6 is 0 Å². The quantitative estimate of drug-likeness (QED) is 0.573. The van der Waals surface area contributed by atoms with Crippen molar-refractivity contribution in [3.8, 4) is 0 Å². The van der Waals surface area contributed by atoms with Crippen molar-refractivity contribution in [2.75, 3.05) is 5.01 Å². The maximum Gasteiger partial charge on any atom is 0.107 e. The molecule has 1 aromatic heterocycles. The average molecular weight is 217 g/mol. The fraction of sp³-hybridized carbons (Fsp3) is 0.273. The van der Waals surface area contributed by atoms with Gasteiger partial charge in [0.2, 0.25) is 0 Å². The number of fused-ring (bicyclic) bond motifs is 3. The molecule has 84 valence electrons. The molecule has 0 saturated carbocycles. The number of hydrogen-bond donors (Lipinski definition) is 3. The Bertz CT molecular complexity index is 532. The summed E-state index contributed by atoms with van der Waals surface area (Å²) in [7, 11) is 0. The fourth-order valence-corrected chi connectivity index (χ4v) is 2.27. The second kappa shape index (κ2) is 3.21. The normalized spacial score (nSPS) is 21.4. The Labute approximate surface area is 93.6 Å². The molecule has 0 bridgehead atoms. The second-order valence-corrected chi connectivity index (χ2v) is 4.22. The topological polar surface area (TPSA) is 74.3 Å². The first kappa shape index (κ1) is 9.65. The van der Waals surface area contributed by atoms with Gasteiger partial charge in [-0.2, -0.15) is 0 Å². The van der Waals surface area contributed by atoms with E-state index < -0.39 is 0 Å². The summed E-state index contributed by atoms with van der Waals surface area (Å²) in [6, 6.07) is 6.18. The zero-order chi connectivity index (χ0) is 11.3. The van der Waals surface area contributed by atoms with Crippen molar-refractivity contribution in [3.05, 3.63) is 30.0 Å². The number of aromatic nitrogens is 1. The van der Waals surface area contributed by atoms with Crippen LogP contribution in [0, 0.1) is 0 Å². The molecule has 1 aliphatic rings. The Kier molecular flexibility index (Phi) is 1.94. The number of anilines is 1. The van der Waals surface area contributed by atoms with Crippen LogP contribution in [0.1, 0.15) is 12.5 Å². The lowest BCUT2D eigenvalue weighted by Gasteiger charge is -2.39. The van der Waals surface area contributed by atoms with E-state index in [0.29, 0.717) is 0 Å². The highest BCUT2D eigenvalue weighted by Gasteiger charge is 2.27. The molecule has 1 aromatic carbocycles. The first-order valence-electron chi connectivity index (χ1n) is 5.32. The third-order valence-electron chi connectivity index (χ3n) is 3.28. The standard InChI is InChI=1S/C11H15N5/c1-7-15(12)6-8-2-3-10-9(4-5-14-10)11(8)16(7)13/h2-5,7,14H,6,12-13H2,1H3. The minimum atomic E-state index is 0.00741. The Balaban J connectivity index is 2.27. The van der Waals surface area contributed by atoms with E-state index in [2.05, 4.69) is 17.1 Å². The third kappa shape index (κ3) is 1.16. The molecule has 5 nitrogen and oxygen atoms in total. The van der Waals surface area contributed by atoms with Gasteiger partial charge < -0.3 is 4.98 Å². The third-order valence-corrected chi connectivity index (χ3v) is 3.28. The molecule has 0 amide bonds. The van der Waals surface area contributed by atoms with E-state index >= 15 is 0 Å². The number of benzene rings is 1. The van der Waals surface area contributed by atoms with Gasteiger partial charge in [-0.25, -0.2) is 10.9 Å². The number of hydrogen-bond acceptors (Lipinski definition) is 4. The Morgan fingerprint density at radius 3 is 2.94 bits per heavy atom. The van der Waals surface area contributed by atoms with Crippen LogP contribution in [0.15, 0.2) is 24.4 Å². The van der Waals surface area contributed by atoms with Crippen LogP contribution in [0.3, 0.4) is 0 Å². The summed E-state index contributed by atoms with van der Waals surface area (Å²) in [6.45, 7) is 2.72. The molecule has 1 aliphatic heterocycles. The van der Waals surface area contributed by atoms with Crippen LogP contribution in [0.2, 0.25) is 0 Å². The van der Waals surface area contributed by atoms with Gasteiger partial charge in [-0.3, -0.25) is 10.9 Å². The molecule has 0 saturated heterocycles. The second-order valence-electron chi connectivity index (χ2n) is 4.22. The first-order chi connectivity index (χ1) is 7.68. The van der Waals surface area contributed by atoms with Gasteiger partial charge >= 0.3 is 0 Å². The molecule has 5 heteroatoms. The van der Waals surface area contributed by atoms with Crippen LogP contribution in [-0.2, 0) is 6.54 Å². The Morgan fingerprint density at radius 2 is 2.12 bits per heavy atom. The van der Waals surface area contributed by atoms with E-state index in [9.17, 15) is 0 Å². The largest absolute Gasteiger partial charge is 0.361 e. The molecule has 1 atom stereocenters. The zero-order valence-electron chi connectivity index (χ0n) is 9.14. The molecule has 0 fully saturated rings. The number of nitrogens with zero attached hydrogens (tertiary/aromatic N) is 2. The van der Waals surface area contributed by atoms with E-state index in [-0.39, 0.29) is 6.17 Å². The fourth-order valence-electron chi connectivity index (χ4n) is 2.27. The summed E-state index contributed by atoms with van der Waals surface area (Å²) >= 11 is 0. The Morgan fingerprint density at radius 1 is 1.31 bits per heavy atom. The monoisotopic (exact) mass is 217 g/mol. The van der Waals surface area contributed by atoms with Gasteiger partial charge in [0.1, 0.15) is 6.17 Å². The van der Waals surface area contributed by atoms with Gasteiger partial charge in [-0.05, 0) is 24.6 Å². The van der Waals surface area contributed by atoms with Crippen molar-refractivity contribution in [1.82, 2.24) is 9.99 Å². The highest BCUT2D eigenvalue weighted by atomic mass is 15.6. The molecule has 2 heterocycles. The number of H-pyrrole nitrogens is 1. The van der Waals surface area contributed by atoms with Gasteiger partial charge in [0.15, 0.2) is 0 Å². The van der Waals surface area contributed by atoms with Crippen LogP contribution in [0.4, 0.5) is 5.69 Å². The lowest BCUT2D eigenvalue weighted by Crippen LogP contribution is -2.56. The predicted molar refractivity (Wildman–Crippen MR) is 64.2 cm³/mol. The van der Waals surface area contributed by atoms with Crippen LogP contribution in [0.5, 0.6) is 0 Å². The van der Waals surface area contributed by atoms with Crippen molar-refractivity contribution in [2.24, 2.45) is 11.7 Å². The summed E-state index contributed by atoms with van der Waals surface area (Å²) in [5, 5.41) is 4.62. The van der Waals surface area contributed by atoms with Crippen LogP contribution < -0.4 is 16.7 Å². The molecule has 0 aliphatic carbocycles. The SMILES string of the molecule is CC1N(N)Cc2ccc3[nH]ccc3c2N1N. The van der Waals surface area contributed by atoms with E-state index in [4.69, 9.17) is 11.7 Å². The van der Waals surface area contributed by atoms with Crippen molar-refractivity contribution in [3.63, 3.8) is 0 Å². The lowest BCUT2D eigenvalue weighted by atomic mass is 10.1. The maximum absolute atomic E-state index is 6.10. The van der Waals surface area contributed by atoms with Crippen molar-refractivity contribution in [2.45, 2.75) is 19.6 Å². The van der Waals surface area contributed by atoms with E-state index in [1.54, 1.807) is 10.0 Å². The van der Waals surface area contributed by atoms with E-state index in [0.717, 1.165) is 28.7 Å². The van der Waals surface area contributed by atoms with Gasteiger partial charge in [0, 0.05) is 23.6 Å². The van der Waals surface area contributed by atoms with E-state index in [1.807, 2.05) is 19.2 Å². The predicted octanol–water partition coefficient (Wildman–Crippen LogP) is 0.883. The van der Waals surface area contributed by atoms with Gasteiger partial charge in [-0.1, -0.05) is 6.07 Å². The molecule has 0 spiro atoms. The zero-order valence-corrected chi connectivity index (χ0v) is 9.14. The number of nitrogens with one attached hydrogen (secondary N) is 1. The molecular weight excluding hydrogens is 202 g/mol.